The standard InChI is InChI=1S/C23H19N7O/c1-15-11-16(2)30(28-15)22-9-7-17(12-24-22)23(31)27-18-8-10-21(25-13-18)29-14-26-19-5-3-4-6-20(19)29/h3-14H,1-2H3,(H,27,31). The van der Waals surface area contributed by atoms with E-state index in [1.807, 2.05) is 60.9 Å². The number of hydrogen-bond donors (Lipinski definition) is 1. The van der Waals surface area contributed by atoms with Crippen molar-refractivity contribution in [1.82, 2.24) is 29.3 Å². The maximum atomic E-state index is 12.6. The van der Waals surface area contributed by atoms with Crippen LogP contribution in [0.15, 0.2) is 73.3 Å². The van der Waals surface area contributed by atoms with Gasteiger partial charge in [-0.25, -0.2) is 19.6 Å². The summed E-state index contributed by atoms with van der Waals surface area (Å²) >= 11 is 0. The van der Waals surface area contributed by atoms with Crippen LogP contribution < -0.4 is 5.32 Å². The van der Waals surface area contributed by atoms with E-state index in [1.54, 1.807) is 35.5 Å². The predicted molar refractivity (Wildman–Crippen MR) is 118 cm³/mol. The van der Waals surface area contributed by atoms with Crippen molar-refractivity contribution in [1.29, 1.82) is 0 Å². The molecule has 0 fully saturated rings. The SMILES string of the molecule is Cc1cc(C)n(-c2ccc(C(=O)Nc3ccc(-n4cnc5ccccc54)nc3)cn2)n1. The van der Waals surface area contributed by atoms with Crippen LogP contribution in [0.1, 0.15) is 21.7 Å². The zero-order valence-corrected chi connectivity index (χ0v) is 17.0. The molecule has 0 aliphatic rings. The second-order valence-electron chi connectivity index (χ2n) is 7.21. The summed E-state index contributed by atoms with van der Waals surface area (Å²) in [4.78, 5) is 25.8. The molecule has 4 heterocycles. The maximum Gasteiger partial charge on any atom is 0.257 e. The molecule has 5 rings (SSSR count). The van der Waals surface area contributed by atoms with Crippen LogP contribution in [-0.4, -0.2) is 35.2 Å². The number of nitrogens with zero attached hydrogens (tertiary/aromatic N) is 6. The molecule has 1 aromatic carbocycles. The summed E-state index contributed by atoms with van der Waals surface area (Å²) in [5, 5.41) is 7.26. The molecule has 1 N–H and O–H groups in total. The number of aromatic nitrogens is 6. The van der Waals surface area contributed by atoms with Crippen LogP contribution in [0.25, 0.3) is 22.7 Å². The summed E-state index contributed by atoms with van der Waals surface area (Å²) in [6, 6.07) is 17.0. The van der Waals surface area contributed by atoms with Gasteiger partial charge in [0.05, 0.1) is 34.2 Å². The average Bonchev–Trinajstić information content (AvgIpc) is 3.37. The number of anilines is 1. The second kappa shape index (κ2) is 7.49. The molecule has 0 atom stereocenters. The molecule has 0 saturated heterocycles. The van der Waals surface area contributed by atoms with E-state index in [4.69, 9.17) is 0 Å². The first-order valence-electron chi connectivity index (χ1n) is 9.78. The Morgan fingerprint density at radius 1 is 0.903 bits per heavy atom. The quantitative estimate of drug-likeness (QED) is 0.487. The van der Waals surface area contributed by atoms with Crippen molar-refractivity contribution in [2.24, 2.45) is 0 Å². The van der Waals surface area contributed by atoms with Crippen LogP contribution in [0.5, 0.6) is 0 Å². The first-order valence-corrected chi connectivity index (χ1v) is 9.78. The Morgan fingerprint density at radius 2 is 1.71 bits per heavy atom. The fraction of sp³-hybridized carbons (Fsp3) is 0.0870. The molecule has 8 nitrogen and oxygen atoms in total. The number of carbonyl (C=O) groups excluding carboxylic acids is 1. The molecular weight excluding hydrogens is 390 g/mol. The number of fused-ring (bicyclic) bond motifs is 1. The average molecular weight is 409 g/mol. The zero-order valence-electron chi connectivity index (χ0n) is 17.0. The third kappa shape index (κ3) is 3.55. The Hall–Kier alpha value is -4.33. The molecule has 5 aromatic rings. The highest BCUT2D eigenvalue weighted by atomic mass is 16.1. The second-order valence-corrected chi connectivity index (χ2v) is 7.21. The van der Waals surface area contributed by atoms with E-state index in [-0.39, 0.29) is 5.91 Å². The maximum absolute atomic E-state index is 12.6. The van der Waals surface area contributed by atoms with E-state index in [2.05, 4.69) is 25.4 Å². The van der Waals surface area contributed by atoms with Crippen molar-refractivity contribution in [2.75, 3.05) is 5.32 Å². The predicted octanol–water partition coefficient (Wildman–Crippen LogP) is 3.87. The van der Waals surface area contributed by atoms with E-state index in [0.717, 1.165) is 28.2 Å². The Balaban J connectivity index is 1.32. The third-order valence-electron chi connectivity index (χ3n) is 4.94. The number of pyridine rings is 2. The topological polar surface area (TPSA) is 90.5 Å². The number of aryl methyl sites for hydroxylation is 2. The lowest BCUT2D eigenvalue weighted by molar-refractivity contribution is 0.102. The van der Waals surface area contributed by atoms with Gasteiger partial charge >= 0.3 is 0 Å². The number of imidazole rings is 1. The van der Waals surface area contributed by atoms with Gasteiger partial charge in [0.2, 0.25) is 0 Å². The number of amides is 1. The molecular formula is C23H19N7O. The van der Waals surface area contributed by atoms with Crippen molar-refractivity contribution in [3.63, 3.8) is 0 Å². The summed E-state index contributed by atoms with van der Waals surface area (Å²) in [6.07, 6.45) is 4.90. The Morgan fingerprint density at radius 3 is 2.42 bits per heavy atom. The molecule has 31 heavy (non-hydrogen) atoms. The van der Waals surface area contributed by atoms with Crippen molar-refractivity contribution < 1.29 is 4.79 Å². The number of nitrogens with one attached hydrogen (secondary N) is 1. The van der Waals surface area contributed by atoms with Gasteiger partial charge in [-0.2, -0.15) is 5.10 Å². The van der Waals surface area contributed by atoms with Gasteiger partial charge in [0, 0.05) is 11.9 Å². The number of hydrogen-bond acceptors (Lipinski definition) is 5. The highest BCUT2D eigenvalue weighted by Crippen LogP contribution is 2.18. The molecule has 0 unspecified atom stereocenters. The van der Waals surface area contributed by atoms with Crippen LogP contribution >= 0.6 is 0 Å². The van der Waals surface area contributed by atoms with E-state index < -0.39 is 0 Å². The molecule has 4 aromatic heterocycles. The van der Waals surface area contributed by atoms with E-state index in [0.29, 0.717) is 17.1 Å². The van der Waals surface area contributed by atoms with Crippen molar-refractivity contribution in [3.8, 4) is 11.6 Å². The van der Waals surface area contributed by atoms with Gasteiger partial charge in [-0.1, -0.05) is 12.1 Å². The summed E-state index contributed by atoms with van der Waals surface area (Å²) < 4.78 is 3.65. The molecule has 152 valence electrons. The Labute approximate surface area is 178 Å². The lowest BCUT2D eigenvalue weighted by Crippen LogP contribution is -2.13. The number of benzene rings is 1. The largest absolute Gasteiger partial charge is 0.321 e. The smallest absolute Gasteiger partial charge is 0.257 e. The summed E-state index contributed by atoms with van der Waals surface area (Å²) in [6.45, 7) is 3.89. The molecule has 0 radical (unpaired) electrons. The van der Waals surface area contributed by atoms with Crippen LogP contribution in [0.2, 0.25) is 0 Å². The van der Waals surface area contributed by atoms with E-state index in [9.17, 15) is 4.79 Å². The summed E-state index contributed by atoms with van der Waals surface area (Å²) in [7, 11) is 0. The van der Waals surface area contributed by atoms with Gasteiger partial charge in [-0.15, -0.1) is 0 Å². The van der Waals surface area contributed by atoms with Gasteiger partial charge in [-0.05, 0) is 56.3 Å². The van der Waals surface area contributed by atoms with Gasteiger partial charge in [0.15, 0.2) is 5.82 Å². The highest BCUT2D eigenvalue weighted by molar-refractivity contribution is 6.04. The van der Waals surface area contributed by atoms with Gasteiger partial charge in [-0.3, -0.25) is 9.36 Å². The van der Waals surface area contributed by atoms with E-state index >= 15 is 0 Å². The van der Waals surface area contributed by atoms with Crippen LogP contribution in [-0.2, 0) is 0 Å². The molecule has 0 bridgehead atoms. The fourth-order valence-corrected chi connectivity index (χ4v) is 3.45. The third-order valence-corrected chi connectivity index (χ3v) is 4.94. The van der Waals surface area contributed by atoms with Crippen molar-refractivity contribution in [2.45, 2.75) is 13.8 Å². The van der Waals surface area contributed by atoms with Gasteiger partial charge in [0.1, 0.15) is 12.1 Å². The molecule has 0 aliphatic carbocycles. The lowest BCUT2D eigenvalue weighted by atomic mass is 10.2. The first kappa shape index (κ1) is 18.7. The Kier molecular flexibility index (Phi) is 4.51. The van der Waals surface area contributed by atoms with E-state index in [1.165, 1.54) is 0 Å². The van der Waals surface area contributed by atoms with Crippen LogP contribution in [0.4, 0.5) is 5.69 Å². The number of para-hydroxylation sites is 2. The van der Waals surface area contributed by atoms with Crippen LogP contribution in [0, 0.1) is 13.8 Å². The minimum Gasteiger partial charge on any atom is -0.321 e. The van der Waals surface area contributed by atoms with Crippen molar-refractivity contribution >= 4 is 22.6 Å². The normalized spacial score (nSPS) is 11.0. The zero-order chi connectivity index (χ0) is 21.4. The fourth-order valence-electron chi connectivity index (χ4n) is 3.45. The van der Waals surface area contributed by atoms with Gasteiger partial charge < -0.3 is 5.32 Å². The molecule has 0 saturated carbocycles. The summed E-state index contributed by atoms with van der Waals surface area (Å²) in [5.41, 5.74) is 4.83. The van der Waals surface area contributed by atoms with Crippen LogP contribution in [0.3, 0.4) is 0 Å². The number of rotatable bonds is 4. The number of carbonyl (C=O) groups is 1. The molecule has 0 spiro atoms. The lowest BCUT2D eigenvalue weighted by Gasteiger charge is -2.08. The molecule has 1 amide bonds. The Bertz CT molecular complexity index is 1380. The minimum absolute atomic E-state index is 0.255. The van der Waals surface area contributed by atoms with Gasteiger partial charge in [0.25, 0.3) is 5.91 Å². The first-order chi connectivity index (χ1) is 15.1. The monoisotopic (exact) mass is 409 g/mol. The summed E-state index contributed by atoms with van der Waals surface area (Å²) in [5.74, 6) is 1.14. The molecule has 8 heteroatoms. The molecule has 0 aliphatic heterocycles. The highest BCUT2D eigenvalue weighted by Gasteiger charge is 2.10. The minimum atomic E-state index is -0.255. The van der Waals surface area contributed by atoms with Crippen molar-refractivity contribution in [3.05, 3.63) is 90.3 Å².